The molecule has 0 aromatic carbocycles. The summed E-state index contributed by atoms with van der Waals surface area (Å²) >= 11 is 5.79. The molecule has 0 radical (unpaired) electrons. The molecule has 0 spiro atoms. The van der Waals surface area contributed by atoms with Crippen LogP contribution in [0.1, 0.15) is 26.7 Å². The SMILES string of the molecule is CCC(CC)CNc1nc(Cl)ccc1N. The molecule has 0 fully saturated rings. The van der Waals surface area contributed by atoms with Gasteiger partial charge in [0, 0.05) is 6.54 Å². The van der Waals surface area contributed by atoms with Crippen LogP contribution in [0.3, 0.4) is 0 Å². The molecule has 1 aromatic heterocycles. The minimum atomic E-state index is 0.469. The average molecular weight is 228 g/mol. The molecule has 15 heavy (non-hydrogen) atoms. The van der Waals surface area contributed by atoms with E-state index >= 15 is 0 Å². The third-order valence-corrected chi connectivity index (χ3v) is 2.82. The maximum atomic E-state index is 5.79. The zero-order valence-corrected chi connectivity index (χ0v) is 10.0. The molecule has 0 unspecified atom stereocenters. The Morgan fingerprint density at radius 3 is 2.67 bits per heavy atom. The van der Waals surface area contributed by atoms with Crippen LogP contribution in [0.2, 0.25) is 5.15 Å². The highest BCUT2D eigenvalue weighted by Gasteiger charge is 2.06. The summed E-state index contributed by atoms with van der Waals surface area (Å²) in [5.41, 5.74) is 6.42. The number of anilines is 2. The van der Waals surface area contributed by atoms with Gasteiger partial charge in [-0.05, 0) is 18.1 Å². The van der Waals surface area contributed by atoms with Crippen molar-refractivity contribution in [1.29, 1.82) is 0 Å². The summed E-state index contributed by atoms with van der Waals surface area (Å²) in [6.45, 7) is 5.26. The Balaban J connectivity index is 2.60. The molecule has 3 nitrogen and oxygen atoms in total. The maximum Gasteiger partial charge on any atom is 0.150 e. The number of pyridine rings is 1. The first-order valence-electron chi connectivity index (χ1n) is 5.33. The maximum absolute atomic E-state index is 5.79. The number of rotatable bonds is 5. The smallest absolute Gasteiger partial charge is 0.150 e. The summed E-state index contributed by atoms with van der Waals surface area (Å²) in [5, 5.41) is 3.70. The van der Waals surface area contributed by atoms with Crippen LogP contribution in [-0.2, 0) is 0 Å². The standard InChI is InChI=1S/C11H18ClN3/c1-3-8(4-2)7-14-11-9(13)5-6-10(12)15-11/h5-6,8H,3-4,7,13H2,1-2H3,(H,14,15). The van der Waals surface area contributed by atoms with E-state index in [1.807, 2.05) is 0 Å². The van der Waals surface area contributed by atoms with Crippen LogP contribution in [0, 0.1) is 5.92 Å². The van der Waals surface area contributed by atoms with Gasteiger partial charge < -0.3 is 11.1 Å². The summed E-state index contributed by atoms with van der Waals surface area (Å²) in [6.07, 6.45) is 2.31. The molecule has 3 N–H and O–H groups in total. The van der Waals surface area contributed by atoms with Crippen molar-refractivity contribution in [1.82, 2.24) is 4.98 Å². The van der Waals surface area contributed by atoms with Crippen molar-refractivity contribution in [2.45, 2.75) is 26.7 Å². The first kappa shape index (κ1) is 12.1. The van der Waals surface area contributed by atoms with E-state index in [1.165, 1.54) is 0 Å². The topological polar surface area (TPSA) is 50.9 Å². The van der Waals surface area contributed by atoms with Crippen LogP contribution >= 0.6 is 11.6 Å². The molecule has 1 aromatic rings. The predicted molar refractivity (Wildman–Crippen MR) is 66.2 cm³/mol. The molecule has 0 aliphatic carbocycles. The van der Waals surface area contributed by atoms with Gasteiger partial charge in [0.2, 0.25) is 0 Å². The van der Waals surface area contributed by atoms with Crippen molar-refractivity contribution in [3.8, 4) is 0 Å². The van der Waals surface area contributed by atoms with Gasteiger partial charge in [0.1, 0.15) is 5.15 Å². The van der Waals surface area contributed by atoms with E-state index in [1.54, 1.807) is 12.1 Å². The number of hydrogen-bond acceptors (Lipinski definition) is 3. The van der Waals surface area contributed by atoms with E-state index < -0.39 is 0 Å². The second-order valence-corrected chi connectivity index (χ2v) is 4.02. The number of nitrogen functional groups attached to an aromatic ring is 1. The molecular weight excluding hydrogens is 210 g/mol. The van der Waals surface area contributed by atoms with Gasteiger partial charge in [-0.25, -0.2) is 4.98 Å². The van der Waals surface area contributed by atoms with E-state index in [0.29, 0.717) is 22.6 Å². The van der Waals surface area contributed by atoms with Gasteiger partial charge in [-0.3, -0.25) is 0 Å². The summed E-state index contributed by atoms with van der Waals surface area (Å²) in [4.78, 5) is 4.14. The number of nitrogens with two attached hydrogens (primary N) is 1. The molecule has 0 amide bonds. The van der Waals surface area contributed by atoms with Gasteiger partial charge in [-0.1, -0.05) is 38.3 Å². The van der Waals surface area contributed by atoms with Crippen molar-refractivity contribution in [2.24, 2.45) is 5.92 Å². The molecule has 0 bridgehead atoms. The van der Waals surface area contributed by atoms with Crippen LogP contribution in [0.5, 0.6) is 0 Å². The molecule has 4 heteroatoms. The van der Waals surface area contributed by atoms with E-state index in [4.69, 9.17) is 17.3 Å². The third-order valence-electron chi connectivity index (χ3n) is 2.61. The van der Waals surface area contributed by atoms with Crippen LogP contribution in [0.25, 0.3) is 0 Å². The number of nitrogens with one attached hydrogen (secondary N) is 1. The molecule has 1 heterocycles. The molecule has 0 atom stereocenters. The number of nitrogens with zero attached hydrogens (tertiary/aromatic N) is 1. The van der Waals surface area contributed by atoms with E-state index in [9.17, 15) is 0 Å². The van der Waals surface area contributed by atoms with Crippen molar-refractivity contribution >= 4 is 23.1 Å². The zero-order chi connectivity index (χ0) is 11.3. The van der Waals surface area contributed by atoms with E-state index in [0.717, 1.165) is 19.4 Å². The Hall–Kier alpha value is -0.960. The van der Waals surface area contributed by atoms with Crippen LogP contribution < -0.4 is 11.1 Å². The number of hydrogen-bond donors (Lipinski definition) is 2. The lowest BCUT2D eigenvalue weighted by Crippen LogP contribution is -2.14. The Morgan fingerprint density at radius 2 is 2.07 bits per heavy atom. The monoisotopic (exact) mass is 227 g/mol. The quantitative estimate of drug-likeness (QED) is 0.760. The Bertz CT molecular complexity index is 311. The molecule has 0 saturated carbocycles. The average Bonchev–Trinajstić information content (AvgIpc) is 2.24. The second kappa shape index (κ2) is 5.81. The largest absolute Gasteiger partial charge is 0.396 e. The minimum Gasteiger partial charge on any atom is -0.396 e. The van der Waals surface area contributed by atoms with E-state index in [2.05, 4.69) is 24.1 Å². The molecule has 84 valence electrons. The number of aromatic nitrogens is 1. The fourth-order valence-electron chi connectivity index (χ4n) is 1.41. The van der Waals surface area contributed by atoms with Crippen LogP contribution in [-0.4, -0.2) is 11.5 Å². The van der Waals surface area contributed by atoms with Crippen LogP contribution in [0.15, 0.2) is 12.1 Å². The lowest BCUT2D eigenvalue weighted by atomic mass is 10.0. The van der Waals surface area contributed by atoms with Crippen molar-refractivity contribution in [2.75, 3.05) is 17.6 Å². The van der Waals surface area contributed by atoms with Crippen molar-refractivity contribution in [3.63, 3.8) is 0 Å². The highest BCUT2D eigenvalue weighted by molar-refractivity contribution is 6.29. The molecule has 0 saturated heterocycles. The number of halogens is 1. The summed E-state index contributed by atoms with van der Waals surface area (Å²) in [5.74, 6) is 1.35. The Labute approximate surface area is 96.0 Å². The molecule has 1 rings (SSSR count). The highest BCUT2D eigenvalue weighted by Crippen LogP contribution is 2.19. The first-order valence-corrected chi connectivity index (χ1v) is 5.71. The molecular formula is C11H18ClN3. The fourth-order valence-corrected chi connectivity index (χ4v) is 1.55. The van der Waals surface area contributed by atoms with Gasteiger partial charge in [0.25, 0.3) is 0 Å². The summed E-state index contributed by atoms with van der Waals surface area (Å²) < 4.78 is 0. The van der Waals surface area contributed by atoms with Gasteiger partial charge in [0.05, 0.1) is 5.69 Å². The fraction of sp³-hybridized carbons (Fsp3) is 0.545. The van der Waals surface area contributed by atoms with Gasteiger partial charge in [-0.2, -0.15) is 0 Å². The van der Waals surface area contributed by atoms with E-state index in [-0.39, 0.29) is 0 Å². The van der Waals surface area contributed by atoms with Gasteiger partial charge >= 0.3 is 0 Å². The van der Waals surface area contributed by atoms with Crippen molar-refractivity contribution in [3.05, 3.63) is 17.3 Å². The Morgan fingerprint density at radius 1 is 1.40 bits per heavy atom. The normalized spacial score (nSPS) is 10.7. The van der Waals surface area contributed by atoms with Crippen molar-refractivity contribution < 1.29 is 0 Å². The first-order chi connectivity index (χ1) is 7.17. The van der Waals surface area contributed by atoms with Gasteiger partial charge in [-0.15, -0.1) is 0 Å². The summed E-state index contributed by atoms with van der Waals surface area (Å²) in [6, 6.07) is 3.46. The molecule has 0 aliphatic rings. The lowest BCUT2D eigenvalue weighted by molar-refractivity contribution is 0.518. The third kappa shape index (κ3) is 3.59. The molecule has 0 aliphatic heterocycles. The Kier molecular flexibility index (Phi) is 4.69. The van der Waals surface area contributed by atoms with Gasteiger partial charge in [0.15, 0.2) is 5.82 Å². The predicted octanol–water partition coefficient (Wildman–Crippen LogP) is 3.17. The van der Waals surface area contributed by atoms with Crippen LogP contribution in [0.4, 0.5) is 11.5 Å². The second-order valence-electron chi connectivity index (χ2n) is 3.64. The minimum absolute atomic E-state index is 0.469. The zero-order valence-electron chi connectivity index (χ0n) is 9.26. The highest BCUT2D eigenvalue weighted by atomic mass is 35.5. The summed E-state index contributed by atoms with van der Waals surface area (Å²) in [7, 11) is 0. The lowest BCUT2D eigenvalue weighted by Gasteiger charge is -2.14.